The van der Waals surface area contributed by atoms with E-state index in [1.165, 1.54) is 6.92 Å². The lowest BCUT2D eigenvalue weighted by Gasteiger charge is -2.25. The number of carbonyl (C=O) groups is 2. The van der Waals surface area contributed by atoms with Crippen molar-refractivity contribution < 1.29 is 14.7 Å². The fourth-order valence-electron chi connectivity index (χ4n) is 1.84. The summed E-state index contributed by atoms with van der Waals surface area (Å²) in [5.74, 6) is -0.855. The van der Waals surface area contributed by atoms with Gasteiger partial charge in [0.25, 0.3) is 0 Å². The van der Waals surface area contributed by atoms with Crippen molar-refractivity contribution in [2.45, 2.75) is 39.2 Å². The van der Waals surface area contributed by atoms with Crippen LogP contribution < -0.4 is 0 Å². The first kappa shape index (κ1) is 13.1. The first-order valence-corrected chi connectivity index (χ1v) is 5.87. The Morgan fingerprint density at radius 2 is 2.19 bits per heavy atom. The molecular formula is C11H17NO3S. The number of carboxylic acid groups (broad SMARTS) is 1. The summed E-state index contributed by atoms with van der Waals surface area (Å²) in [6.07, 6.45) is 1.98. The Hall–Kier alpha value is -0.970. The lowest BCUT2D eigenvalue weighted by molar-refractivity contribution is -0.140. The number of hydrogen-bond acceptors (Lipinski definition) is 3. The maximum Gasteiger partial charge on any atom is 0.326 e. The van der Waals surface area contributed by atoms with Crippen molar-refractivity contribution in [3.63, 3.8) is 0 Å². The molecule has 0 bridgehead atoms. The summed E-state index contributed by atoms with van der Waals surface area (Å²) in [4.78, 5) is 24.4. The number of rotatable bonds is 4. The van der Waals surface area contributed by atoms with Gasteiger partial charge < -0.3 is 10.0 Å². The summed E-state index contributed by atoms with van der Waals surface area (Å²) in [6, 6.07) is -0.494. The highest BCUT2D eigenvalue weighted by Crippen LogP contribution is 2.21. The van der Waals surface area contributed by atoms with Crippen molar-refractivity contribution in [3.05, 3.63) is 0 Å². The fourth-order valence-corrected chi connectivity index (χ4v) is 2.31. The fraction of sp³-hybridized carbons (Fsp3) is 0.727. The van der Waals surface area contributed by atoms with E-state index in [0.29, 0.717) is 24.4 Å². The van der Waals surface area contributed by atoms with Crippen LogP contribution in [0.25, 0.3) is 0 Å². The van der Waals surface area contributed by atoms with Gasteiger partial charge in [0, 0.05) is 18.9 Å². The molecule has 0 amide bonds. The molecule has 1 fully saturated rings. The van der Waals surface area contributed by atoms with Gasteiger partial charge in [-0.05, 0) is 19.8 Å². The standard InChI is InChI=1S/C11H17NO3S/c1-7(8(2)13)6-10(16)12-5-3-4-9(12)11(14)15/h7,9H,3-6H2,1-2H3,(H,14,15)/t7?,9-/m0/s1. The molecule has 1 aliphatic heterocycles. The number of thiocarbonyl (C=S) groups is 1. The van der Waals surface area contributed by atoms with E-state index in [2.05, 4.69) is 0 Å². The van der Waals surface area contributed by atoms with E-state index >= 15 is 0 Å². The molecule has 1 aliphatic rings. The van der Waals surface area contributed by atoms with E-state index < -0.39 is 12.0 Å². The number of hydrogen-bond donors (Lipinski definition) is 1. The Labute approximate surface area is 101 Å². The van der Waals surface area contributed by atoms with Crippen molar-refractivity contribution in [2.75, 3.05) is 6.54 Å². The van der Waals surface area contributed by atoms with E-state index in [1.807, 2.05) is 6.92 Å². The van der Waals surface area contributed by atoms with E-state index in [9.17, 15) is 9.59 Å². The molecule has 0 aromatic carbocycles. The van der Waals surface area contributed by atoms with Crippen LogP contribution in [0.1, 0.15) is 33.1 Å². The molecule has 1 heterocycles. The number of nitrogens with zero attached hydrogens (tertiary/aromatic N) is 1. The number of likely N-dealkylation sites (tertiary alicyclic amines) is 1. The molecular weight excluding hydrogens is 226 g/mol. The van der Waals surface area contributed by atoms with Crippen LogP contribution in [0.2, 0.25) is 0 Å². The van der Waals surface area contributed by atoms with Crippen LogP contribution in [-0.2, 0) is 9.59 Å². The maximum absolute atomic E-state index is 11.1. The average molecular weight is 243 g/mol. The molecule has 0 spiro atoms. The Kier molecular flexibility index (Phi) is 4.41. The van der Waals surface area contributed by atoms with Gasteiger partial charge in [0.2, 0.25) is 0 Å². The number of carbonyl (C=O) groups excluding carboxylic acids is 1. The lowest BCUT2D eigenvalue weighted by atomic mass is 10.0. The smallest absolute Gasteiger partial charge is 0.326 e. The first-order valence-electron chi connectivity index (χ1n) is 5.46. The second kappa shape index (κ2) is 5.39. The van der Waals surface area contributed by atoms with Gasteiger partial charge >= 0.3 is 5.97 Å². The molecule has 0 aromatic rings. The van der Waals surface area contributed by atoms with E-state index in [0.717, 1.165) is 6.42 Å². The molecule has 1 unspecified atom stereocenters. The third-order valence-corrected chi connectivity index (χ3v) is 3.43. The third kappa shape index (κ3) is 3.01. The lowest BCUT2D eigenvalue weighted by Crippen LogP contribution is -2.40. The van der Waals surface area contributed by atoms with Crippen molar-refractivity contribution in [3.8, 4) is 0 Å². The molecule has 0 aliphatic carbocycles. The number of carboxylic acids is 1. The highest BCUT2D eigenvalue weighted by Gasteiger charge is 2.32. The maximum atomic E-state index is 11.1. The SMILES string of the molecule is CC(=O)C(C)CC(=S)N1CCC[C@H]1C(=O)O. The summed E-state index contributed by atoms with van der Waals surface area (Å²) >= 11 is 5.22. The quantitative estimate of drug-likeness (QED) is 0.758. The molecule has 1 saturated heterocycles. The zero-order chi connectivity index (χ0) is 12.3. The van der Waals surface area contributed by atoms with Crippen LogP contribution in [0.4, 0.5) is 0 Å². The Bertz CT molecular complexity index is 316. The number of ketones is 1. The normalized spacial score (nSPS) is 21.9. The summed E-state index contributed by atoms with van der Waals surface area (Å²) in [5.41, 5.74) is 0. The van der Waals surface area contributed by atoms with Gasteiger partial charge in [-0.15, -0.1) is 0 Å². The third-order valence-electron chi connectivity index (χ3n) is 3.03. The second-order valence-corrected chi connectivity index (χ2v) is 4.77. The predicted molar refractivity (Wildman–Crippen MR) is 64.4 cm³/mol. The Morgan fingerprint density at radius 3 is 2.69 bits per heavy atom. The van der Waals surface area contributed by atoms with Crippen LogP contribution >= 0.6 is 12.2 Å². The molecule has 90 valence electrons. The molecule has 5 heteroatoms. The number of aliphatic carboxylic acids is 1. The topological polar surface area (TPSA) is 57.6 Å². The molecule has 0 saturated carbocycles. The zero-order valence-electron chi connectivity index (χ0n) is 9.60. The van der Waals surface area contributed by atoms with Crippen molar-refractivity contribution >= 4 is 29.0 Å². The largest absolute Gasteiger partial charge is 0.480 e. The van der Waals surface area contributed by atoms with Gasteiger partial charge in [-0.1, -0.05) is 19.1 Å². The molecule has 1 rings (SSSR count). The molecule has 16 heavy (non-hydrogen) atoms. The molecule has 0 aromatic heterocycles. The summed E-state index contributed by atoms with van der Waals surface area (Å²) < 4.78 is 0. The van der Waals surface area contributed by atoms with Gasteiger partial charge in [-0.2, -0.15) is 0 Å². The summed E-state index contributed by atoms with van der Waals surface area (Å²) in [6.45, 7) is 4.05. The minimum Gasteiger partial charge on any atom is -0.480 e. The minimum atomic E-state index is -0.824. The van der Waals surface area contributed by atoms with Crippen molar-refractivity contribution in [1.82, 2.24) is 4.90 Å². The van der Waals surface area contributed by atoms with Crippen LogP contribution in [0, 0.1) is 5.92 Å². The molecule has 1 N–H and O–H groups in total. The van der Waals surface area contributed by atoms with Crippen LogP contribution in [0.3, 0.4) is 0 Å². The monoisotopic (exact) mass is 243 g/mol. The molecule has 2 atom stereocenters. The van der Waals surface area contributed by atoms with Gasteiger partial charge in [0.15, 0.2) is 0 Å². The Balaban J connectivity index is 2.60. The van der Waals surface area contributed by atoms with Gasteiger partial charge in [-0.25, -0.2) is 4.79 Å². The van der Waals surface area contributed by atoms with Crippen LogP contribution in [-0.4, -0.2) is 39.3 Å². The average Bonchev–Trinajstić information content (AvgIpc) is 2.65. The first-order chi connectivity index (χ1) is 7.43. The summed E-state index contributed by atoms with van der Waals surface area (Å²) in [5, 5.41) is 9.01. The zero-order valence-corrected chi connectivity index (χ0v) is 10.4. The number of Topliss-reactive ketones (excluding diaryl/α,β-unsaturated/α-hetero) is 1. The van der Waals surface area contributed by atoms with Gasteiger partial charge in [-0.3, -0.25) is 4.79 Å². The minimum absolute atomic E-state index is 0.0911. The highest BCUT2D eigenvalue weighted by atomic mass is 32.1. The van der Waals surface area contributed by atoms with Crippen molar-refractivity contribution in [2.24, 2.45) is 5.92 Å². The van der Waals surface area contributed by atoms with E-state index in [4.69, 9.17) is 17.3 Å². The summed E-state index contributed by atoms with van der Waals surface area (Å²) in [7, 11) is 0. The highest BCUT2D eigenvalue weighted by molar-refractivity contribution is 7.80. The molecule has 0 radical (unpaired) electrons. The van der Waals surface area contributed by atoms with Crippen LogP contribution in [0.15, 0.2) is 0 Å². The second-order valence-electron chi connectivity index (χ2n) is 4.30. The molecule has 4 nitrogen and oxygen atoms in total. The van der Waals surface area contributed by atoms with E-state index in [-0.39, 0.29) is 11.7 Å². The van der Waals surface area contributed by atoms with Gasteiger partial charge in [0.05, 0.1) is 4.99 Å². The van der Waals surface area contributed by atoms with Crippen LogP contribution in [0.5, 0.6) is 0 Å². The van der Waals surface area contributed by atoms with Crippen molar-refractivity contribution in [1.29, 1.82) is 0 Å². The predicted octanol–water partition coefficient (Wildman–Crippen LogP) is 1.48. The Morgan fingerprint density at radius 1 is 1.56 bits per heavy atom. The van der Waals surface area contributed by atoms with E-state index in [1.54, 1.807) is 4.90 Å². The van der Waals surface area contributed by atoms with Gasteiger partial charge in [0.1, 0.15) is 11.8 Å².